The van der Waals surface area contributed by atoms with E-state index in [9.17, 15) is 4.79 Å². The van der Waals surface area contributed by atoms with Gasteiger partial charge in [0.25, 0.3) is 5.91 Å². The van der Waals surface area contributed by atoms with Gasteiger partial charge in [0.15, 0.2) is 0 Å². The van der Waals surface area contributed by atoms with Crippen molar-refractivity contribution in [2.75, 3.05) is 14.1 Å². The fourth-order valence-corrected chi connectivity index (χ4v) is 2.79. The number of aromatic nitrogens is 1. The number of pyridine rings is 1. The van der Waals surface area contributed by atoms with Gasteiger partial charge in [0.1, 0.15) is 5.69 Å². The van der Waals surface area contributed by atoms with E-state index in [1.165, 1.54) is 0 Å². The first-order valence-corrected chi connectivity index (χ1v) is 6.99. The first-order valence-electron chi connectivity index (χ1n) is 6.99. The van der Waals surface area contributed by atoms with E-state index in [1.54, 1.807) is 6.20 Å². The number of rotatable bonds is 3. The number of hydrogen-bond donors (Lipinski definition) is 1. The van der Waals surface area contributed by atoms with Crippen molar-refractivity contribution in [3.8, 4) is 0 Å². The van der Waals surface area contributed by atoms with Crippen molar-refractivity contribution < 1.29 is 4.79 Å². The summed E-state index contributed by atoms with van der Waals surface area (Å²) >= 11 is 0. The number of nitrogens with zero attached hydrogens (tertiary/aromatic N) is 2. The minimum absolute atomic E-state index is 0.0472. The van der Waals surface area contributed by atoms with Crippen molar-refractivity contribution in [2.24, 2.45) is 0 Å². The molecule has 1 aliphatic rings. The molecular weight excluding hydrogens is 238 g/mol. The van der Waals surface area contributed by atoms with Gasteiger partial charge in [-0.15, -0.1) is 0 Å². The summed E-state index contributed by atoms with van der Waals surface area (Å²) in [6.07, 6.45) is 6.10. The largest absolute Gasteiger partial charge is 0.337 e. The summed E-state index contributed by atoms with van der Waals surface area (Å²) < 4.78 is 0. The molecule has 1 fully saturated rings. The van der Waals surface area contributed by atoms with Crippen LogP contribution >= 0.6 is 0 Å². The summed E-state index contributed by atoms with van der Waals surface area (Å²) in [5.41, 5.74) is 1.53. The Morgan fingerprint density at radius 3 is 2.63 bits per heavy atom. The SMILES string of the molecule is CNC1CCC(N(C)C(=O)c2ncccc2C)CC1. The number of carbonyl (C=O) groups excluding carboxylic acids is 1. The highest BCUT2D eigenvalue weighted by Gasteiger charge is 2.27. The topological polar surface area (TPSA) is 45.2 Å². The van der Waals surface area contributed by atoms with Gasteiger partial charge >= 0.3 is 0 Å². The second-order valence-electron chi connectivity index (χ2n) is 5.38. The first kappa shape index (κ1) is 14.0. The predicted octanol–water partition coefficient (Wildman–Crippen LogP) is 1.99. The lowest BCUT2D eigenvalue weighted by atomic mass is 9.90. The Morgan fingerprint density at radius 1 is 1.37 bits per heavy atom. The number of carbonyl (C=O) groups is 1. The van der Waals surface area contributed by atoms with Crippen LogP contribution < -0.4 is 5.32 Å². The molecule has 19 heavy (non-hydrogen) atoms. The van der Waals surface area contributed by atoms with E-state index in [2.05, 4.69) is 10.3 Å². The summed E-state index contributed by atoms with van der Waals surface area (Å²) in [5.74, 6) is 0.0472. The number of aryl methyl sites for hydroxylation is 1. The molecule has 1 amide bonds. The highest BCUT2D eigenvalue weighted by atomic mass is 16.2. The molecular formula is C15H23N3O. The quantitative estimate of drug-likeness (QED) is 0.905. The van der Waals surface area contributed by atoms with E-state index in [1.807, 2.05) is 38.1 Å². The average Bonchev–Trinajstić information content (AvgIpc) is 2.46. The molecule has 0 spiro atoms. The Kier molecular flexibility index (Phi) is 4.53. The van der Waals surface area contributed by atoms with Gasteiger partial charge in [-0.3, -0.25) is 9.78 Å². The van der Waals surface area contributed by atoms with Crippen LogP contribution in [0.3, 0.4) is 0 Å². The van der Waals surface area contributed by atoms with E-state index in [0.717, 1.165) is 31.2 Å². The van der Waals surface area contributed by atoms with E-state index >= 15 is 0 Å². The van der Waals surface area contributed by atoms with Crippen LogP contribution in [0.1, 0.15) is 41.7 Å². The Morgan fingerprint density at radius 2 is 2.05 bits per heavy atom. The van der Waals surface area contributed by atoms with E-state index in [4.69, 9.17) is 0 Å². The molecule has 0 atom stereocenters. The average molecular weight is 261 g/mol. The van der Waals surface area contributed by atoms with Crippen LogP contribution in [0.2, 0.25) is 0 Å². The fourth-order valence-electron chi connectivity index (χ4n) is 2.79. The number of hydrogen-bond acceptors (Lipinski definition) is 3. The molecule has 1 heterocycles. The Labute approximate surface area is 115 Å². The molecule has 0 bridgehead atoms. The van der Waals surface area contributed by atoms with Crippen molar-refractivity contribution >= 4 is 5.91 Å². The molecule has 0 saturated heterocycles. The van der Waals surface area contributed by atoms with Crippen molar-refractivity contribution in [3.63, 3.8) is 0 Å². The highest BCUT2D eigenvalue weighted by molar-refractivity contribution is 5.93. The molecule has 104 valence electrons. The minimum atomic E-state index is 0.0472. The van der Waals surface area contributed by atoms with Crippen LogP contribution in [0.25, 0.3) is 0 Å². The van der Waals surface area contributed by atoms with Gasteiger partial charge in [-0.1, -0.05) is 6.07 Å². The van der Waals surface area contributed by atoms with Gasteiger partial charge in [0.05, 0.1) is 0 Å². The van der Waals surface area contributed by atoms with E-state index < -0.39 is 0 Å². The molecule has 0 aliphatic heterocycles. The normalized spacial score (nSPS) is 23.1. The molecule has 2 rings (SSSR count). The van der Waals surface area contributed by atoms with Crippen molar-refractivity contribution in [3.05, 3.63) is 29.6 Å². The van der Waals surface area contributed by atoms with Crippen LogP contribution in [0.15, 0.2) is 18.3 Å². The molecule has 0 aromatic carbocycles. The Bertz CT molecular complexity index is 439. The standard InChI is InChI=1S/C15H23N3O/c1-11-5-4-10-17-14(11)15(19)18(3)13-8-6-12(16-2)7-9-13/h4-5,10,12-13,16H,6-9H2,1-3H3. The molecule has 0 unspecified atom stereocenters. The van der Waals surface area contributed by atoms with Crippen LogP contribution in [-0.4, -0.2) is 42.0 Å². The van der Waals surface area contributed by atoms with Crippen LogP contribution in [0, 0.1) is 6.92 Å². The van der Waals surface area contributed by atoms with Gasteiger partial charge in [-0.05, 0) is 51.3 Å². The van der Waals surface area contributed by atoms with Crippen molar-refractivity contribution in [2.45, 2.75) is 44.7 Å². The fraction of sp³-hybridized carbons (Fsp3) is 0.600. The molecule has 1 saturated carbocycles. The first-order chi connectivity index (χ1) is 9.13. The molecule has 1 aromatic rings. The van der Waals surface area contributed by atoms with Crippen LogP contribution in [0.5, 0.6) is 0 Å². The van der Waals surface area contributed by atoms with Crippen molar-refractivity contribution in [1.82, 2.24) is 15.2 Å². The van der Waals surface area contributed by atoms with E-state index in [0.29, 0.717) is 17.8 Å². The lowest BCUT2D eigenvalue weighted by Gasteiger charge is -2.34. The Hall–Kier alpha value is -1.42. The molecule has 1 aromatic heterocycles. The molecule has 4 heteroatoms. The van der Waals surface area contributed by atoms with Crippen LogP contribution in [-0.2, 0) is 0 Å². The maximum Gasteiger partial charge on any atom is 0.272 e. The van der Waals surface area contributed by atoms with Gasteiger partial charge in [-0.25, -0.2) is 0 Å². The zero-order chi connectivity index (χ0) is 13.8. The molecule has 4 nitrogen and oxygen atoms in total. The number of nitrogens with one attached hydrogen (secondary N) is 1. The second-order valence-corrected chi connectivity index (χ2v) is 5.38. The minimum Gasteiger partial charge on any atom is -0.337 e. The lowest BCUT2D eigenvalue weighted by Crippen LogP contribution is -2.43. The summed E-state index contributed by atoms with van der Waals surface area (Å²) in [5, 5.41) is 3.32. The smallest absolute Gasteiger partial charge is 0.272 e. The third-order valence-electron chi connectivity index (χ3n) is 4.19. The number of amides is 1. The summed E-state index contributed by atoms with van der Waals surface area (Å²) in [6.45, 7) is 1.94. The van der Waals surface area contributed by atoms with Crippen molar-refractivity contribution in [1.29, 1.82) is 0 Å². The Balaban J connectivity index is 2.02. The predicted molar refractivity (Wildman–Crippen MR) is 76.2 cm³/mol. The second kappa shape index (κ2) is 6.15. The van der Waals surface area contributed by atoms with E-state index in [-0.39, 0.29) is 5.91 Å². The third-order valence-corrected chi connectivity index (χ3v) is 4.19. The maximum absolute atomic E-state index is 12.5. The monoisotopic (exact) mass is 261 g/mol. The lowest BCUT2D eigenvalue weighted by molar-refractivity contribution is 0.0679. The molecule has 1 N–H and O–H groups in total. The zero-order valence-electron chi connectivity index (χ0n) is 12.0. The van der Waals surface area contributed by atoms with Gasteiger partial charge < -0.3 is 10.2 Å². The summed E-state index contributed by atoms with van der Waals surface area (Å²) in [4.78, 5) is 18.6. The zero-order valence-corrected chi connectivity index (χ0v) is 12.0. The third kappa shape index (κ3) is 3.13. The summed E-state index contributed by atoms with van der Waals surface area (Å²) in [7, 11) is 3.91. The van der Waals surface area contributed by atoms with Gasteiger partial charge in [0.2, 0.25) is 0 Å². The van der Waals surface area contributed by atoms with Gasteiger partial charge in [-0.2, -0.15) is 0 Å². The van der Waals surface area contributed by atoms with Gasteiger partial charge in [0, 0.05) is 25.3 Å². The highest BCUT2D eigenvalue weighted by Crippen LogP contribution is 2.23. The summed E-state index contributed by atoms with van der Waals surface area (Å²) in [6, 6.07) is 4.76. The van der Waals surface area contributed by atoms with Crippen LogP contribution in [0.4, 0.5) is 0 Å². The maximum atomic E-state index is 12.5. The molecule has 0 radical (unpaired) electrons. The molecule has 1 aliphatic carbocycles.